The molecule has 100 valence electrons. The van der Waals surface area contributed by atoms with Gasteiger partial charge >= 0.3 is 0 Å². The van der Waals surface area contributed by atoms with Gasteiger partial charge in [0.05, 0.1) is 6.54 Å². The molecule has 0 aliphatic carbocycles. The third-order valence-electron chi connectivity index (χ3n) is 2.73. The number of nitrogens with zero attached hydrogens (tertiary/aromatic N) is 1. The lowest BCUT2D eigenvalue weighted by Gasteiger charge is -2.20. The highest BCUT2D eigenvalue weighted by atomic mass is 16.1. The van der Waals surface area contributed by atoms with Gasteiger partial charge in [0.15, 0.2) is 0 Å². The van der Waals surface area contributed by atoms with Crippen LogP contribution in [0.5, 0.6) is 0 Å². The molecule has 19 heavy (non-hydrogen) atoms. The number of anilines is 1. The van der Waals surface area contributed by atoms with E-state index in [0.717, 1.165) is 16.5 Å². The van der Waals surface area contributed by atoms with Crippen molar-refractivity contribution in [1.29, 1.82) is 0 Å². The van der Waals surface area contributed by atoms with Crippen LogP contribution >= 0.6 is 0 Å². The zero-order valence-electron chi connectivity index (χ0n) is 11.5. The number of aromatic nitrogens is 1. The second-order valence-electron chi connectivity index (χ2n) is 5.55. The van der Waals surface area contributed by atoms with Crippen molar-refractivity contribution in [3.8, 4) is 0 Å². The highest BCUT2D eigenvalue weighted by molar-refractivity contribution is 6.02. The van der Waals surface area contributed by atoms with Crippen LogP contribution in [-0.4, -0.2) is 23.0 Å². The normalized spacial score (nSPS) is 11.5. The molecule has 4 nitrogen and oxygen atoms in total. The Morgan fingerprint density at radius 2 is 2.05 bits per heavy atom. The van der Waals surface area contributed by atoms with Gasteiger partial charge in [-0.25, -0.2) is 0 Å². The Bertz CT molecular complexity index is 582. The summed E-state index contributed by atoms with van der Waals surface area (Å²) >= 11 is 0. The first kappa shape index (κ1) is 13.5. The summed E-state index contributed by atoms with van der Waals surface area (Å²) in [6.07, 6.45) is 3.52. The van der Waals surface area contributed by atoms with E-state index in [1.807, 2.05) is 45.0 Å². The number of pyridine rings is 1. The minimum atomic E-state index is -0.0694. The van der Waals surface area contributed by atoms with E-state index < -0.39 is 0 Å². The van der Waals surface area contributed by atoms with Crippen LogP contribution in [0.25, 0.3) is 10.8 Å². The van der Waals surface area contributed by atoms with Gasteiger partial charge in [-0.15, -0.1) is 0 Å². The van der Waals surface area contributed by atoms with Crippen molar-refractivity contribution >= 4 is 22.4 Å². The molecule has 1 aromatic heterocycles. The van der Waals surface area contributed by atoms with Gasteiger partial charge in [0.1, 0.15) is 0 Å². The lowest BCUT2D eigenvalue weighted by molar-refractivity contribution is -0.115. The van der Waals surface area contributed by atoms with Gasteiger partial charge in [-0.3, -0.25) is 9.78 Å². The minimum absolute atomic E-state index is 0.0424. The van der Waals surface area contributed by atoms with Crippen molar-refractivity contribution in [1.82, 2.24) is 10.3 Å². The highest BCUT2D eigenvalue weighted by Gasteiger charge is 2.12. The number of fused-ring (bicyclic) bond motifs is 1. The number of amides is 1. The van der Waals surface area contributed by atoms with Gasteiger partial charge < -0.3 is 10.6 Å². The average Bonchev–Trinajstić information content (AvgIpc) is 2.36. The van der Waals surface area contributed by atoms with Crippen LogP contribution < -0.4 is 10.6 Å². The van der Waals surface area contributed by atoms with Gasteiger partial charge in [0.2, 0.25) is 5.91 Å². The Morgan fingerprint density at radius 1 is 1.26 bits per heavy atom. The lowest BCUT2D eigenvalue weighted by Crippen LogP contribution is -2.41. The van der Waals surface area contributed by atoms with Crippen LogP contribution in [-0.2, 0) is 4.79 Å². The Morgan fingerprint density at radius 3 is 2.79 bits per heavy atom. The molecule has 0 radical (unpaired) electrons. The van der Waals surface area contributed by atoms with Crippen molar-refractivity contribution < 1.29 is 4.79 Å². The second kappa shape index (κ2) is 5.36. The zero-order chi connectivity index (χ0) is 13.9. The van der Waals surface area contributed by atoms with Crippen molar-refractivity contribution in [3.05, 3.63) is 36.7 Å². The molecule has 0 aliphatic heterocycles. The van der Waals surface area contributed by atoms with Crippen LogP contribution in [0.3, 0.4) is 0 Å². The van der Waals surface area contributed by atoms with Crippen molar-refractivity contribution in [2.75, 3.05) is 11.9 Å². The molecule has 0 spiro atoms. The van der Waals surface area contributed by atoms with Gasteiger partial charge in [0, 0.05) is 34.4 Å². The largest absolute Gasteiger partial charge is 0.324 e. The summed E-state index contributed by atoms with van der Waals surface area (Å²) in [5, 5.41) is 8.11. The summed E-state index contributed by atoms with van der Waals surface area (Å²) in [7, 11) is 0. The first-order valence-electron chi connectivity index (χ1n) is 6.33. The molecular weight excluding hydrogens is 238 g/mol. The number of nitrogens with one attached hydrogen (secondary N) is 2. The van der Waals surface area contributed by atoms with E-state index >= 15 is 0 Å². The number of carbonyl (C=O) groups excluding carboxylic acids is 1. The highest BCUT2D eigenvalue weighted by Crippen LogP contribution is 2.21. The molecule has 1 amide bonds. The summed E-state index contributed by atoms with van der Waals surface area (Å²) in [5.74, 6) is -0.0424. The minimum Gasteiger partial charge on any atom is -0.324 e. The fourth-order valence-electron chi connectivity index (χ4n) is 1.77. The van der Waals surface area contributed by atoms with Crippen molar-refractivity contribution in [2.24, 2.45) is 0 Å². The summed E-state index contributed by atoms with van der Waals surface area (Å²) < 4.78 is 0. The van der Waals surface area contributed by atoms with Crippen LogP contribution in [0.4, 0.5) is 5.69 Å². The van der Waals surface area contributed by atoms with E-state index in [4.69, 9.17) is 0 Å². The van der Waals surface area contributed by atoms with Gasteiger partial charge in [0.25, 0.3) is 0 Å². The molecule has 2 aromatic rings. The Hall–Kier alpha value is -1.94. The molecule has 4 heteroatoms. The van der Waals surface area contributed by atoms with E-state index in [-0.39, 0.29) is 11.4 Å². The van der Waals surface area contributed by atoms with E-state index in [9.17, 15) is 4.79 Å². The van der Waals surface area contributed by atoms with Gasteiger partial charge in [-0.05, 0) is 32.9 Å². The zero-order valence-corrected chi connectivity index (χ0v) is 11.5. The van der Waals surface area contributed by atoms with E-state index in [1.54, 1.807) is 12.4 Å². The summed E-state index contributed by atoms with van der Waals surface area (Å²) in [4.78, 5) is 16.0. The predicted octanol–water partition coefficient (Wildman–Crippen LogP) is 2.56. The molecule has 2 N–H and O–H groups in total. The van der Waals surface area contributed by atoms with Gasteiger partial charge in [-0.2, -0.15) is 0 Å². The van der Waals surface area contributed by atoms with E-state index in [0.29, 0.717) is 6.54 Å². The van der Waals surface area contributed by atoms with E-state index in [1.165, 1.54) is 0 Å². The molecule has 0 atom stereocenters. The quantitative estimate of drug-likeness (QED) is 0.888. The lowest BCUT2D eigenvalue weighted by atomic mass is 10.1. The molecule has 0 saturated carbocycles. The molecule has 0 fully saturated rings. The smallest absolute Gasteiger partial charge is 0.238 e. The SMILES string of the molecule is CC(C)(C)NCC(=O)Nc1cccc2cnccc12. The maximum atomic E-state index is 11.9. The summed E-state index contributed by atoms with van der Waals surface area (Å²) in [6, 6.07) is 7.70. The maximum Gasteiger partial charge on any atom is 0.238 e. The monoisotopic (exact) mass is 257 g/mol. The second-order valence-corrected chi connectivity index (χ2v) is 5.55. The Kier molecular flexibility index (Phi) is 3.81. The number of benzene rings is 1. The summed E-state index contributed by atoms with van der Waals surface area (Å²) in [5.41, 5.74) is 0.751. The number of hydrogen-bond donors (Lipinski definition) is 2. The molecule has 1 aromatic carbocycles. The maximum absolute atomic E-state index is 11.9. The van der Waals surface area contributed by atoms with Crippen LogP contribution in [0.2, 0.25) is 0 Å². The molecule has 0 aliphatic rings. The molecule has 0 saturated heterocycles. The third-order valence-corrected chi connectivity index (χ3v) is 2.73. The third kappa shape index (κ3) is 3.76. The first-order valence-corrected chi connectivity index (χ1v) is 6.33. The fourth-order valence-corrected chi connectivity index (χ4v) is 1.77. The fraction of sp³-hybridized carbons (Fsp3) is 0.333. The van der Waals surface area contributed by atoms with E-state index in [2.05, 4.69) is 15.6 Å². The van der Waals surface area contributed by atoms with Crippen LogP contribution in [0, 0.1) is 0 Å². The molecule has 0 bridgehead atoms. The van der Waals surface area contributed by atoms with Gasteiger partial charge in [-0.1, -0.05) is 12.1 Å². The average molecular weight is 257 g/mol. The Labute approximate surface area is 113 Å². The molecule has 1 heterocycles. The molecule has 2 rings (SSSR count). The van der Waals surface area contributed by atoms with Crippen molar-refractivity contribution in [2.45, 2.75) is 26.3 Å². The van der Waals surface area contributed by atoms with Crippen molar-refractivity contribution in [3.63, 3.8) is 0 Å². The molecule has 0 unspecified atom stereocenters. The number of carbonyl (C=O) groups is 1. The predicted molar refractivity (Wildman–Crippen MR) is 78.1 cm³/mol. The standard InChI is InChI=1S/C15H19N3O/c1-15(2,3)17-10-14(19)18-13-6-4-5-11-9-16-8-7-12(11)13/h4-9,17H,10H2,1-3H3,(H,18,19). The Balaban J connectivity index is 2.11. The topological polar surface area (TPSA) is 54.0 Å². The number of hydrogen-bond acceptors (Lipinski definition) is 3. The number of rotatable bonds is 3. The van der Waals surface area contributed by atoms with Crippen LogP contribution in [0.15, 0.2) is 36.7 Å². The molecular formula is C15H19N3O. The summed E-state index contributed by atoms with van der Waals surface area (Å²) in [6.45, 7) is 6.39. The first-order chi connectivity index (χ1) is 8.96. The van der Waals surface area contributed by atoms with Crippen LogP contribution in [0.1, 0.15) is 20.8 Å².